The first-order chi connectivity index (χ1) is 13.5. The van der Waals surface area contributed by atoms with Gasteiger partial charge in [-0.05, 0) is 17.2 Å². The number of rotatable bonds is 6. The number of non-ortho nitro benzene ring substituents is 1. The monoisotopic (exact) mass is 382 g/mol. The van der Waals surface area contributed by atoms with Gasteiger partial charge in [0.25, 0.3) is 5.69 Å². The lowest BCUT2D eigenvalue weighted by Crippen LogP contribution is -2.33. The first kappa shape index (κ1) is 19.1. The molecule has 0 aliphatic carbocycles. The maximum absolute atomic E-state index is 12.5. The average Bonchev–Trinajstić information content (AvgIpc) is 3.14. The number of aromatic amines is 1. The van der Waals surface area contributed by atoms with E-state index in [0.29, 0.717) is 11.1 Å². The summed E-state index contributed by atoms with van der Waals surface area (Å²) < 4.78 is 9.68. The van der Waals surface area contributed by atoms with Crippen molar-refractivity contribution in [2.75, 3.05) is 14.2 Å². The van der Waals surface area contributed by atoms with Crippen molar-refractivity contribution in [3.63, 3.8) is 0 Å². The van der Waals surface area contributed by atoms with E-state index in [-0.39, 0.29) is 5.69 Å². The smallest absolute Gasteiger partial charge is 0.321 e. The molecule has 1 N–H and O–H groups in total. The zero-order valence-corrected chi connectivity index (χ0v) is 15.2. The van der Waals surface area contributed by atoms with E-state index in [1.54, 1.807) is 12.3 Å². The third-order valence-corrected chi connectivity index (χ3v) is 4.64. The fourth-order valence-corrected chi connectivity index (χ4v) is 3.36. The summed E-state index contributed by atoms with van der Waals surface area (Å²) in [5.41, 5.74) is 1.73. The number of esters is 2. The van der Waals surface area contributed by atoms with Gasteiger partial charge in [0.05, 0.1) is 19.1 Å². The molecule has 2 aromatic carbocycles. The zero-order valence-electron chi connectivity index (χ0n) is 15.2. The summed E-state index contributed by atoms with van der Waals surface area (Å²) in [4.78, 5) is 38.8. The van der Waals surface area contributed by atoms with Gasteiger partial charge in [-0.25, -0.2) is 0 Å². The van der Waals surface area contributed by atoms with Gasteiger partial charge in [-0.15, -0.1) is 0 Å². The van der Waals surface area contributed by atoms with Gasteiger partial charge >= 0.3 is 11.9 Å². The van der Waals surface area contributed by atoms with Crippen molar-refractivity contribution in [3.05, 3.63) is 76.0 Å². The minimum atomic E-state index is -1.32. The Kier molecular flexibility index (Phi) is 5.39. The maximum atomic E-state index is 12.5. The highest BCUT2D eigenvalue weighted by Gasteiger charge is 2.40. The van der Waals surface area contributed by atoms with Crippen LogP contribution in [0.5, 0.6) is 0 Å². The number of carbonyl (C=O) groups excluding carboxylic acids is 2. The van der Waals surface area contributed by atoms with Crippen molar-refractivity contribution < 1.29 is 24.0 Å². The number of hydrogen-bond donors (Lipinski definition) is 1. The fraction of sp³-hybridized carbons (Fsp3) is 0.200. The molecule has 0 amide bonds. The Morgan fingerprint density at radius 2 is 1.71 bits per heavy atom. The number of H-pyrrole nitrogens is 1. The molecule has 3 rings (SSSR count). The molecule has 8 heteroatoms. The lowest BCUT2D eigenvalue weighted by molar-refractivity contribution is -0.384. The van der Waals surface area contributed by atoms with E-state index < -0.39 is 28.7 Å². The Morgan fingerprint density at radius 1 is 1.04 bits per heavy atom. The third kappa shape index (κ3) is 3.44. The molecule has 8 nitrogen and oxygen atoms in total. The van der Waals surface area contributed by atoms with Crippen LogP contribution in [-0.4, -0.2) is 36.1 Å². The first-order valence-corrected chi connectivity index (χ1v) is 8.44. The van der Waals surface area contributed by atoms with Gasteiger partial charge in [0, 0.05) is 35.2 Å². The van der Waals surface area contributed by atoms with Crippen molar-refractivity contribution in [2.24, 2.45) is 5.92 Å². The maximum Gasteiger partial charge on any atom is 0.321 e. The van der Waals surface area contributed by atoms with Gasteiger partial charge in [-0.2, -0.15) is 0 Å². The summed E-state index contributed by atoms with van der Waals surface area (Å²) in [7, 11) is 2.36. The SMILES string of the molecule is COC(=O)C(C(=O)OC)C(c1cccc([N+](=O)[O-])c1)c1c[nH]c2ccccc12. The molecule has 0 spiro atoms. The van der Waals surface area contributed by atoms with E-state index in [0.717, 1.165) is 10.9 Å². The first-order valence-electron chi connectivity index (χ1n) is 8.44. The number of nitro groups is 1. The molecule has 3 aromatic rings. The lowest BCUT2D eigenvalue weighted by atomic mass is 9.80. The molecule has 1 atom stereocenters. The topological polar surface area (TPSA) is 112 Å². The number of aromatic nitrogens is 1. The molecular weight excluding hydrogens is 364 g/mol. The second kappa shape index (κ2) is 7.91. The van der Waals surface area contributed by atoms with Crippen molar-refractivity contribution >= 4 is 28.5 Å². The summed E-state index contributed by atoms with van der Waals surface area (Å²) >= 11 is 0. The van der Waals surface area contributed by atoms with E-state index in [2.05, 4.69) is 4.98 Å². The number of hydrogen-bond acceptors (Lipinski definition) is 6. The Hall–Kier alpha value is -3.68. The molecule has 1 aromatic heterocycles. The van der Waals surface area contributed by atoms with Gasteiger partial charge in [-0.1, -0.05) is 30.3 Å². The average molecular weight is 382 g/mol. The number of nitrogens with zero attached hydrogens (tertiary/aromatic N) is 1. The van der Waals surface area contributed by atoms with Crippen LogP contribution in [0.3, 0.4) is 0 Å². The predicted molar refractivity (Wildman–Crippen MR) is 101 cm³/mol. The number of fused-ring (bicyclic) bond motifs is 1. The Morgan fingerprint density at radius 3 is 2.36 bits per heavy atom. The number of methoxy groups -OCH3 is 2. The number of benzene rings is 2. The highest BCUT2D eigenvalue weighted by molar-refractivity contribution is 5.98. The molecule has 0 saturated carbocycles. The van der Waals surface area contributed by atoms with Crippen LogP contribution in [0.1, 0.15) is 17.0 Å². The molecule has 28 heavy (non-hydrogen) atoms. The highest BCUT2D eigenvalue weighted by Crippen LogP contribution is 2.38. The summed E-state index contributed by atoms with van der Waals surface area (Å²) in [6, 6.07) is 13.2. The molecule has 0 aliphatic rings. The summed E-state index contributed by atoms with van der Waals surface area (Å²) in [5, 5.41) is 12.0. The van der Waals surface area contributed by atoms with E-state index >= 15 is 0 Å². The largest absolute Gasteiger partial charge is 0.468 e. The van der Waals surface area contributed by atoms with Crippen LogP contribution >= 0.6 is 0 Å². The van der Waals surface area contributed by atoms with Crippen LogP contribution in [0.4, 0.5) is 5.69 Å². The predicted octanol–water partition coefficient (Wildman–Crippen LogP) is 3.17. The Bertz CT molecular complexity index is 1030. The molecule has 0 aliphatic heterocycles. The summed E-state index contributed by atoms with van der Waals surface area (Å²) in [6.45, 7) is 0. The van der Waals surface area contributed by atoms with Gasteiger partial charge in [0.2, 0.25) is 0 Å². The quantitative estimate of drug-likeness (QED) is 0.303. The van der Waals surface area contributed by atoms with Crippen LogP contribution in [0, 0.1) is 16.0 Å². The highest BCUT2D eigenvalue weighted by atomic mass is 16.6. The minimum Gasteiger partial charge on any atom is -0.468 e. The Balaban J connectivity index is 2.27. The summed E-state index contributed by atoms with van der Waals surface area (Å²) in [5.74, 6) is -3.73. The van der Waals surface area contributed by atoms with E-state index in [4.69, 9.17) is 9.47 Å². The number of para-hydroxylation sites is 1. The van der Waals surface area contributed by atoms with Gasteiger partial charge in [0.15, 0.2) is 5.92 Å². The third-order valence-electron chi connectivity index (χ3n) is 4.64. The van der Waals surface area contributed by atoms with E-state index in [1.807, 2.05) is 24.3 Å². The Labute approximate surface area is 160 Å². The molecular formula is C20H18N2O6. The molecule has 0 bridgehead atoms. The molecule has 0 fully saturated rings. The normalized spacial score (nSPS) is 12.0. The van der Waals surface area contributed by atoms with Crippen molar-refractivity contribution in [1.29, 1.82) is 0 Å². The standard InChI is InChI=1S/C20H18N2O6/c1-27-19(23)18(20(24)28-2)17(12-6-5-7-13(10-12)22(25)26)15-11-21-16-9-4-3-8-14(15)16/h3-11,17-18,21H,1-2H3. The van der Waals surface area contributed by atoms with Crippen LogP contribution in [0.25, 0.3) is 10.9 Å². The van der Waals surface area contributed by atoms with Crippen molar-refractivity contribution in [2.45, 2.75) is 5.92 Å². The van der Waals surface area contributed by atoms with Gasteiger partial charge in [-0.3, -0.25) is 19.7 Å². The lowest BCUT2D eigenvalue weighted by Gasteiger charge is -2.23. The summed E-state index contributed by atoms with van der Waals surface area (Å²) in [6.07, 6.45) is 1.69. The molecule has 0 radical (unpaired) electrons. The number of nitrogens with one attached hydrogen (secondary N) is 1. The molecule has 1 unspecified atom stereocenters. The van der Waals surface area contributed by atoms with E-state index in [1.165, 1.54) is 32.4 Å². The van der Waals surface area contributed by atoms with Crippen LogP contribution in [0.2, 0.25) is 0 Å². The zero-order chi connectivity index (χ0) is 20.3. The number of ether oxygens (including phenoxy) is 2. The van der Waals surface area contributed by atoms with Crippen LogP contribution in [0.15, 0.2) is 54.7 Å². The minimum absolute atomic E-state index is 0.143. The van der Waals surface area contributed by atoms with Crippen molar-refractivity contribution in [1.82, 2.24) is 4.98 Å². The molecule has 0 saturated heterocycles. The fourth-order valence-electron chi connectivity index (χ4n) is 3.36. The molecule has 144 valence electrons. The second-order valence-corrected chi connectivity index (χ2v) is 6.14. The van der Waals surface area contributed by atoms with Crippen molar-refractivity contribution in [3.8, 4) is 0 Å². The van der Waals surface area contributed by atoms with E-state index in [9.17, 15) is 19.7 Å². The van der Waals surface area contributed by atoms with Crippen LogP contribution in [-0.2, 0) is 19.1 Å². The molecule has 1 heterocycles. The number of carbonyl (C=O) groups is 2. The van der Waals surface area contributed by atoms with Gasteiger partial charge < -0.3 is 14.5 Å². The van der Waals surface area contributed by atoms with Gasteiger partial charge in [0.1, 0.15) is 0 Å². The number of nitro benzene ring substituents is 1. The second-order valence-electron chi connectivity index (χ2n) is 6.14. The van der Waals surface area contributed by atoms with Crippen LogP contribution < -0.4 is 0 Å².